The molecule has 1 aromatic carbocycles. The summed E-state index contributed by atoms with van der Waals surface area (Å²) < 4.78 is 84.7. The van der Waals surface area contributed by atoms with E-state index < -0.39 is 29.6 Å². The number of ether oxygens (including phenoxy) is 1. The zero-order valence-electron chi connectivity index (χ0n) is 15.1. The Kier molecular flexibility index (Phi) is 5.24. The fraction of sp³-hybridized carbons (Fsp3) is 0.278. The zero-order valence-corrected chi connectivity index (χ0v) is 15.1. The van der Waals surface area contributed by atoms with Crippen LogP contribution in [0.2, 0.25) is 0 Å². The van der Waals surface area contributed by atoms with Gasteiger partial charge in [-0.05, 0) is 30.7 Å². The molecule has 0 N–H and O–H groups in total. The normalized spacial score (nSPS) is 12.3. The maximum absolute atomic E-state index is 12.9. The molecular weight excluding hydrogens is 402 g/mol. The molecule has 3 rings (SSSR count). The molecule has 0 aliphatic rings. The van der Waals surface area contributed by atoms with E-state index >= 15 is 0 Å². The van der Waals surface area contributed by atoms with Gasteiger partial charge in [0.1, 0.15) is 23.0 Å². The van der Waals surface area contributed by atoms with Crippen molar-refractivity contribution in [1.82, 2.24) is 19.5 Å². The van der Waals surface area contributed by atoms with Gasteiger partial charge in [0.05, 0.1) is 24.8 Å². The van der Waals surface area contributed by atoms with Gasteiger partial charge in [0, 0.05) is 12.6 Å². The highest BCUT2D eigenvalue weighted by atomic mass is 19.4. The summed E-state index contributed by atoms with van der Waals surface area (Å²) in [6.07, 6.45) is -7.11. The summed E-state index contributed by atoms with van der Waals surface area (Å²) in [5.41, 5.74) is -1.54. The van der Waals surface area contributed by atoms with E-state index in [1.807, 2.05) is 0 Å². The van der Waals surface area contributed by atoms with Crippen LogP contribution in [-0.2, 0) is 18.8 Å². The second-order valence-electron chi connectivity index (χ2n) is 6.16. The molecule has 0 saturated carbocycles. The van der Waals surface area contributed by atoms with Crippen LogP contribution in [0.25, 0.3) is 5.69 Å². The first-order valence-electron chi connectivity index (χ1n) is 8.17. The van der Waals surface area contributed by atoms with E-state index in [0.29, 0.717) is 17.0 Å². The van der Waals surface area contributed by atoms with E-state index in [-0.39, 0.29) is 12.5 Å². The lowest BCUT2D eigenvalue weighted by Crippen LogP contribution is -2.17. The number of halogens is 6. The molecular formula is C18H14F6N4O. The smallest absolute Gasteiger partial charge is 0.433 e. The van der Waals surface area contributed by atoms with Crippen LogP contribution in [0.15, 0.2) is 36.8 Å². The summed E-state index contributed by atoms with van der Waals surface area (Å²) >= 11 is 0. The molecule has 0 fully saturated rings. The molecule has 0 aliphatic carbocycles. The second-order valence-corrected chi connectivity index (χ2v) is 6.16. The number of aromatic nitrogens is 4. The third kappa shape index (κ3) is 4.66. The van der Waals surface area contributed by atoms with Gasteiger partial charge in [0.25, 0.3) is 0 Å². The summed E-state index contributed by atoms with van der Waals surface area (Å²) in [5, 5.41) is 0. The van der Waals surface area contributed by atoms with Crippen LogP contribution in [0.3, 0.4) is 0 Å². The molecule has 0 unspecified atom stereocenters. The third-order valence-corrected chi connectivity index (χ3v) is 3.95. The highest BCUT2D eigenvalue weighted by Crippen LogP contribution is 2.34. The lowest BCUT2D eigenvalue weighted by molar-refractivity contribution is -0.147. The Bertz CT molecular complexity index is 994. The van der Waals surface area contributed by atoms with Crippen molar-refractivity contribution in [2.75, 3.05) is 7.11 Å². The van der Waals surface area contributed by atoms with Crippen molar-refractivity contribution in [2.24, 2.45) is 0 Å². The Morgan fingerprint density at radius 3 is 2.07 bits per heavy atom. The van der Waals surface area contributed by atoms with Gasteiger partial charge in [0.2, 0.25) is 0 Å². The van der Waals surface area contributed by atoms with E-state index in [1.54, 1.807) is 36.1 Å². The first-order chi connectivity index (χ1) is 13.5. The summed E-state index contributed by atoms with van der Waals surface area (Å²) in [6.45, 7) is 1.79. The lowest BCUT2D eigenvalue weighted by Gasteiger charge is -2.14. The van der Waals surface area contributed by atoms with Gasteiger partial charge in [-0.2, -0.15) is 26.3 Å². The Morgan fingerprint density at radius 1 is 0.966 bits per heavy atom. The molecule has 0 radical (unpaired) electrons. The predicted octanol–water partition coefficient (Wildman–Crippen LogP) is 4.61. The van der Waals surface area contributed by atoms with Gasteiger partial charge in [-0.1, -0.05) is 6.07 Å². The Labute approximate surface area is 161 Å². The standard InChI is InChI=1S/C18H14F6N4O/c1-10-8-28(9-25-10)12-4-3-11(5-13(12)29-2)6-16-26-14(17(19,20)21)7-15(27-16)18(22,23)24/h3-5,7-9H,6H2,1-2H3. The average Bonchev–Trinajstić information content (AvgIpc) is 3.06. The zero-order chi connectivity index (χ0) is 21.4. The molecule has 5 nitrogen and oxygen atoms in total. The minimum Gasteiger partial charge on any atom is -0.495 e. The minimum absolute atomic E-state index is 0.103. The van der Waals surface area contributed by atoms with E-state index in [2.05, 4.69) is 15.0 Å². The Morgan fingerprint density at radius 2 is 1.59 bits per heavy atom. The van der Waals surface area contributed by atoms with Crippen LogP contribution < -0.4 is 4.74 Å². The number of hydrogen-bond acceptors (Lipinski definition) is 4. The van der Waals surface area contributed by atoms with Gasteiger partial charge in [-0.25, -0.2) is 15.0 Å². The van der Waals surface area contributed by atoms with Crippen LogP contribution in [-0.4, -0.2) is 26.6 Å². The van der Waals surface area contributed by atoms with E-state index in [4.69, 9.17) is 4.74 Å². The maximum atomic E-state index is 12.9. The van der Waals surface area contributed by atoms with Crippen LogP contribution in [0.4, 0.5) is 26.3 Å². The fourth-order valence-electron chi connectivity index (χ4n) is 2.65. The van der Waals surface area contributed by atoms with Crippen LogP contribution in [0.1, 0.15) is 28.5 Å². The topological polar surface area (TPSA) is 52.8 Å². The van der Waals surface area contributed by atoms with Gasteiger partial charge < -0.3 is 9.30 Å². The maximum Gasteiger partial charge on any atom is 0.433 e. The number of benzene rings is 1. The van der Waals surface area contributed by atoms with Crippen molar-refractivity contribution in [3.05, 3.63) is 65.3 Å². The van der Waals surface area contributed by atoms with Crippen molar-refractivity contribution in [2.45, 2.75) is 25.7 Å². The molecule has 0 saturated heterocycles. The number of methoxy groups -OCH3 is 1. The van der Waals surface area contributed by atoms with Crippen molar-refractivity contribution in [3.8, 4) is 11.4 Å². The van der Waals surface area contributed by atoms with E-state index in [1.165, 1.54) is 13.2 Å². The van der Waals surface area contributed by atoms with Crippen LogP contribution in [0.5, 0.6) is 5.75 Å². The monoisotopic (exact) mass is 416 g/mol. The Balaban J connectivity index is 1.99. The molecule has 0 amide bonds. The SMILES string of the molecule is COc1cc(Cc2nc(C(F)(F)F)cc(C(F)(F)F)n2)ccc1-n1cnc(C)c1. The average molecular weight is 416 g/mol. The van der Waals surface area contributed by atoms with Crippen molar-refractivity contribution in [3.63, 3.8) is 0 Å². The number of nitrogens with zero attached hydrogens (tertiary/aromatic N) is 4. The van der Waals surface area contributed by atoms with Crippen molar-refractivity contribution < 1.29 is 31.1 Å². The molecule has 3 aromatic rings. The van der Waals surface area contributed by atoms with Crippen LogP contribution >= 0.6 is 0 Å². The number of rotatable bonds is 4. The van der Waals surface area contributed by atoms with Gasteiger partial charge >= 0.3 is 12.4 Å². The van der Waals surface area contributed by atoms with Crippen LogP contribution in [0, 0.1) is 6.92 Å². The number of imidazole rings is 1. The van der Waals surface area contributed by atoms with Gasteiger partial charge in [-0.3, -0.25) is 0 Å². The first kappa shape index (κ1) is 20.6. The van der Waals surface area contributed by atoms with Crippen molar-refractivity contribution >= 4 is 0 Å². The first-order valence-corrected chi connectivity index (χ1v) is 8.17. The third-order valence-electron chi connectivity index (χ3n) is 3.95. The number of aryl methyl sites for hydroxylation is 1. The molecule has 29 heavy (non-hydrogen) atoms. The lowest BCUT2D eigenvalue weighted by atomic mass is 10.1. The molecule has 2 heterocycles. The molecule has 0 spiro atoms. The molecule has 0 bridgehead atoms. The summed E-state index contributed by atoms with van der Waals surface area (Å²) in [7, 11) is 1.40. The predicted molar refractivity (Wildman–Crippen MR) is 89.7 cm³/mol. The molecule has 0 aliphatic heterocycles. The fourth-order valence-corrected chi connectivity index (χ4v) is 2.65. The quantitative estimate of drug-likeness (QED) is 0.583. The summed E-state index contributed by atoms with van der Waals surface area (Å²) in [5.74, 6) is -0.233. The second kappa shape index (κ2) is 7.37. The van der Waals surface area contributed by atoms with Gasteiger partial charge in [-0.15, -0.1) is 0 Å². The number of alkyl halides is 6. The summed E-state index contributed by atoms with van der Waals surface area (Å²) in [6, 6.07) is 4.56. The highest BCUT2D eigenvalue weighted by molar-refractivity contribution is 5.49. The number of hydrogen-bond donors (Lipinski definition) is 0. The highest BCUT2D eigenvalue weighted by Gasteiger charge is 2.39. The van der Waals surface area contributed by atoms with Crippen molar-refractivity contribution in [1.29, 1.82) is 0 Å². The van der Waals surface area contributed by atoms with E-state index in [0.717, 1.165) is 5.69 Å². The molecule has 2 aromatic heterocycles. The molecule has 154 valence electrons. The minimum atomic E-state index is -5.03. The largest absolute Gasteiger partial charge is 0.495 e. The van der Waals surface area contributed by atoms with E-state index in [9.17, 15) is 26.3 Å². The summed E-state index contributed by atoms with van der Waals surface area (Å²) in [4.78, 5) is 10.6. The molecule has 0 atom stereocenters. The van der Waals surface area contributed by atoms with Gasteiger partial charge in [0.15, 0.2) is 0 Å². The molecule has 11 heteroatoms. The Hall–Kier alpha value is -3.11.